The molecule has 6 nitrogen and oxygen atoms in total. The normalized spacial score (nSPS) is 10.4. The summed E-state index contributed by atoms with van der Waals surface area (Å²) >= 11 is -7.28. The molecule has 0 aromatic carbocycles. The fourth-order valence-electron chi connectivity index (χ4n) is 0.0509. The van der Waals surface area contributed by atoms with Gasteiger partial charge in [-0.3, -0.25) is 0 Å². The Hall–Kier alpha value is 1.70. The van der Waals surface area contributed by atoms with E-state index >= 15 is 0 Å². The van der Waals surface area contributed by atoms with Crippen LogP contribution in [0.4, 0.5) is 0 Å². The van der Waals surface area contributed by atoms with Crippen LogP contribution in [-0.2, 0) is 61.6 Å². The molecule has 0 aromatic rings. The molecule has 0 amide bonds. The molecule has 0 fully saturated rings. The molecule has 0 bridgehead atoms. The van der Waals surface area contributed by atoms with Gasteiger partial charge in [0.05, 0.1) is 0 Å². The van der Waals surface area contributed by atoms with E-state index in [1.54, 1.807) is 0 Å². The quantitative estimate of drug-likeness (QED) is 0.226. The van der Waals surface area contributed by atoms with Crippen molar-refractivity contribution in [1.82, 2.24) is 0 Å². The molecule has 0 aromatic heterocycles. The van der Waals surface area contributed by atoms with Gasteiger partial charge in [0.15, 0.2) is 0 Å². The summed E-state index contributed by atoms with van der Waals surface area (Å²) in [7, 11) is 0. The number of hydrogen-bond donors (Lipinski definition) is 1. The molecule has 0 aliphatic carbocycles. The summed E-state index contributed by atoms with van der Waals surface area (Å²) in [6, 6.07) is 0. The van der Waals surface area contributed by atoms with Crippen molar-refractivity contribution in [2.24, 2.45) is 0 Å². The van der Waals surface area contributed by atoms with E-state index in [1.807, 2.05) is 0 Å². The predicted molar refractivity (Wildman–Crippen MR) is 26.1 cm³/mol. The molecule has 0 rings (SSSR count). The van der Waals surface area contributed by atoms with E-state index in [1.165, 1.54) is 0 Å². The van der Waals surface area contributed by atoms with E-state index in [9.17, 15) is 11.5 Å². The molecular formula is CH6O6Pt2Se2. The van der Waals surface area contributed by atoms with Gasteiger partial charge >= 0.3 is 52.2 Å². The first-order chi connectivity index (χ1) is 3.63. The third-order valence-corrected chi connectivity index (χ3v) is 1.44. The summed E-state index contributed by atoms with van der Waals surface area (Å²) in [6.07, 6.45) is 0. The summed E-state index contributed by atoms with van der Waals surface area (Å²) in [5.74, 6) is 0. The van der Waals surface area contributed by atoms with Crippen molar-refractivity contribution in [2.45, 2.75) is 7.43 Å². The Morgan fingerprint density at radius 3 is 1.73 bits per heavy atom. The molecule has 0 aliphatic heterocycles. The average molecular weight is 662 g/mol. The fourth-order valence-corrected chi connectivity index (χ4v) is 1.37. The molecule has 1 atom stereocenters. The first kappa shape index (κ1) is 23.0. The largest absolute Gasteiger partial charge is 0 e. The van der Waals surface area contributed by atoms with E-state index in [0.717, 1.165) is 0 Å². The Balaban J connectivity index is -0.0000000817. The minimum atomic E-state index is -3.83. The summed E-state index contributed by atoms with van der Waals surface area (Å²) in [4.78, 5) is 0. The van der Waals surface area contributed by atoms with Crippen LogP contribution in [0.3, 0.4) is 0 Å². The van der Waals surface area contributed by atoms with Gasteiger partial charge in [0.2, 0.25) is 0 Å². The topological polar surface area (TPSA) is 89.9 Å². The van der Waals surface area contributed by atoms with Crippen LogP contribution < -0.4 is 0 Å². The van der Waals surface area contributed by atoms with E-state index in [0.29, 0.717) is 0 Å². The molecule has 0 radical (unpaired) electrons. The zero-order valence-electron chi connectivity index (χ0n) is 3.98. The van der Waals surface area contributed by atoms with Crippen LogP contribution in [0.2, 0.25) is 0 Å². The standard InChI is InChI=1S/CH4.H2O6Se2.2Pt/c;1-7(2)5-6-8(3)4;;/h1H4;7H,(H,3,4);;. The smallest absolute Gasteiger partial charge is 0 e. The minimum Gasteiger partial charge on any atom is 0 e. The van der Waals surface area contributed by atoms with E-state index < -0.39 is 28.6 Å². The van der Waals surface area contributed by atoms with Crippen molar-refractivity contribution in [1.29, 1.82) is 0 Å². The molecule has 0 aliphatic rings. The Morgan fingerprint density at radius 2 is 1.64 bits per heavy atom. The van der Waals surface area contributed by atoms with Crippen molar-refractivity contribution in [3.8, 4) is 0 Å². The number of hydrogen-bond acceptors (Lipinski definition) is 5. The van der Waals surface area contributed by atoms with Crippen molar-refractivity contribution >= 4 is 28.6 Å². The molecule has 78 valence electrons. The maximum absolute atomic E-state index is 9.51. The van der Waals surface area contributed by atoms with Crippen LogP contribution in [0, 0.1) is 0 Å². The molecule has 10 heteroatoms. The minimum absolute atomic E-state index is 0. The monoisotopic (exact) mass is 664 g/mol. The molecule has 0 saturated carbocycles. The van der Waals surface area contributed by atoms with Gasteiger partial charge in [-0.2, -0.15) is 0 Å². The predicted octanol–water partition coefficient (Wildman–Crippen LogP) is -1.45. The first-order valence-corrected chi connectivity index (χ1v) is 5.69. The van der Waals surface area contributed by atoms with Crippen LogP contribution in [0.15, 0.2) is 0 Å². The van der Waals surface area contributed by atoms with Gasteiger partial charge < -0.3 is 0 Å². The summed E-state index contributed by atoms with van der Waals surface area (Å²) < 4.78 is 42.9. The third-order valence-electron chi connectivity index (χ3n) is 0.149. The second kappa shape index (κ2) is 14.2. The van der Waals surface area contributed by atoms with Crippen LogP contribution in [0.1, 0.15) is 7.43 Å². The SMILES string of the molecule is C.O=[Se](O)OO[SeH](=O)=O.[Pt].[Pt]. The summed E-state index contributed by atoms with van der Waals surface area (Å²) in [5, 5.41) is 0. The zero-order valence-corrected chi connectivity index (χ0v) is 12.1. The van der Waals surface area contributed by atoms with Crippen LogP contribution >= 0.6 is 0 Å². The van der Waals surface area contributed by atoms with Crippen molar-refractivity contribution < 1.29 is 65.8 Å². The summed E-state index contributed by atoms with van der Waals surface area (Å²) in [5.41, 5.74) is 0. The van der Waals surface area contributed by atoms with E-state index in [-0.39, 0.29) is 49.6 Å². The fraction of sp³-hybridized carbons (Fsp3) is 1.00. The third kappa shape index (κ3) is 24.5. The van der Waals surface area contributed by atoms with Gasteiger partial charge in [0, 0.05) is 42.1 Å². The zero-order chi connectivity index (χ0) is 6.57. The molecular weight excluding hydrogens is 656 g/mol. The van der Waals surface area contributed by atoms with Crippen LogP contribution in [-0.4, -0.2) is 32.8 Å². The van der Waals surface area contributed by atoms with Crippen molar-refractivity contribution in [2.75, 3.05) is 0 Å². The van der Waals surface area contributed by atoms with Crippen LogP contribution in [0.5, 0.6) is 0 Å². The summed E-state index contributed by atoms with van der Waals surface area (Å²) in [6.45, 7) is 0. The number of rotatable bonds is 3. The second-order valence-electron chi connectivity index (χ2n) is 0.583. The Kier molecular flexibility index (Phi) is 29.7. The Morgan fingerprint density at radius 1 is 1.27 bits per heavy atom. The second-order valence-corrected chi connectivity index (χ2v) is 3.03. The molecule has 0 spiro atoms. The molecule has 0 heterocycles. The molecule has 1 N–H and O–H groups in total. The van der Waals surface area contributed by atoms with Gasteiger partial charge in [-0.15, -0.1) is 0 Å². The van der Waals surface area contributed by atoms with Gasteiger partial charge in [0.25, 0.3) is 0 Å². The van der Waals surface area contributed by atoms with E-state index in [2.05, 4.69) is 7.94 Å². The molecule has 0 saturated heterocycles. The molecule has 11 heavy (non-hydrogen) atoms. The Bertz CT molecular complexity index is 147. The van der Waals surface area contributed by atoms with Gasteiger partial charge in [0.1, 0.15) is 0 Å². The average Bonchev–Trinajstić information content (AvgIpc) is 1.61. The first-order valence-electron chi connectivity index (χ1n) is 1.23. The maximum atomic E-state index is 9.51. The van der Waals surface area contributed by atoms with E-state index in [4.69, 9.17) is 4.19 Å². The maximum Gasteiger partial charge on any atom is 0 e. The van der Waals surface area contributed by atoms with Gasteiger partial charge in [-0.05, 0) is 0 Å². The van der Waals surface area contributed by atoms with Gasteiger partial charge in [-0.25, -0.2) is 0 Å². The van der Waals surface area contributed by atoms with Gasteiger partial charge in [-0.1, -0.05) is 7.43 Å². The molecule has 1 unspecified atom stereocenters. The van der Waals surface area contributed by atoms with Crippen molar-refractivity contribution in [3.05, 3.63) is 0 Å². The van der Waals surface area contributed by atoms with Crippen LogP contribution in [0.25, 0.3) is 0 Å². The van der Waals surface area contributed by atoms with Crippen molar-refractivity contribution in [3.63, 3.8) is 0 Å². The Labute approximate surface area is 101 Å².